The average Bonchev–Trinajstić information content (AvgIpc) is 3.72. The van der Waals surface area contributed by atoms with Crippen LogP contribution in [0.2, 0.25) is 0 Å². The first-order chi connectivity index (χ1) is 19.5. The number of hydrogen-bond acceptors (Lipinski definition) is 6. The van der Waals surface area contributed by atoms with Crippen LogP contribution in [0.1, 0.15) is 44.8 Å². The van der Waals surface area contributed by atoms with Gasteiger partial charge in [0.15, 0.2) is 0 Å². The van der Waals surface area contributed by atoms with E-state index in [1.807, 2.05) is 47.6 Å². The number of aromatic amines is 2. The number of amides is 1. The molecule has 9 heteroatoms. The lowest BCUT2D eigenvalue weighted by Gasteiger charge is -2.39. The van der Waals surface area contributed by atoms with E-state index in [4.69, 9.17) is 9.72 Å². The van der Waals surface area contributed by atoms with Crippen molar-refractivity contribution in [3.8, 4) is 17.0 Å². The molecule has 6 heterocycles. The third-order valence-electron chi connectivity index (χ3n) is 8.83. The number of nitrogens with one attached hydrogen (secondary N) is 2. The van der Waals surface area contributed by atoms with Crippen LogP contribution in [0.5, 0.6) is 5.75 Å². The quantitative estimate of drug-likeness (QED) is 0.309. The van der Waals surface area contributed by atoms with Gasteiger partial charge >= 0.3 is 0 Å². The summed E-state index contributed by atoms with van der Waals surface area (Å²) in [5.74, 6) is 1.97. The van der Waals surface area contributed by atoms with E-state index >= 15 is 0 Å². The summed E-state index contributed by atoms with van der Waals surface area (Å²) in [4.78, 5) is 28.6. The first-order valence-corrected chi connectivity index (χ1v) is 14.0. The molecule has 2 aliphatic heterocycles. The molecule has 1 amide bonds. The average molecular weight is 536 g/mol. The summed E-state index contributed by atoms with van der Waals surface area (Å²) >= 11 is 0. The van der Waals surface area contributed by atoms with Crippen molar-refractivity contribution in [1.82, 2.24) is 30.0 Å². The zero-order valence-corrected chi connectivity index (χ0v) is 22.9. The molecule has 7 rings (SSSR count). The van der Waals surface area contributed by atoms with Gasteiger partial charge in [0, 0.05) is 73.6 Å². The summed E-state index contributed by atoms with van der Waals surface area (Å²) < 4.78 is 6.38. The molecule has 2 saturated heterocycles. The van der Waals surface area contributed by atoms with E-state index in [-0.39, 0.29) is 17.4 Å². The highest BCUT2D eigenvalue weighted by Crippen LogP contribution is 2.41. The highest BCUT2D eigenvalue weighted by molar-refractivity contribution is 5.93. The van der Waals surface area contributed by atoms with E-state index in [1.54, 1.807) is 13.1 Å². The molecule has 0 aliphatic carbocycles. The van der Waals surface area contributed by atoms with Gasteiger partial charge in [0.05, 0.1) is 5.52 Å². The topological polar surface area (TPSA) is 103 Å². The molecule has 1 atom stereocenters. The van der Waals surface area contributed by atoms with Crippen LogP contribution in [0.25, 0.3) is 33.2 Å². The standard InChI is InChI=1S/C31H33N7O2/c1-20(24-7-12-32-30-25(24)8-13-33-30)40-23-4-5-27-26(17-23)29(36-35-27)22-3-6-28(34-18-22)37-14-9-31(10-15-37)11-16-38(19-31)21(2)39/h3-8,12-13,17-18,20H,9-11,14-16,19H2,1-2H3,(H,32,33)(H,35,36)/t20-/m1/s1. The smallest absolute Gasteiger partial charge is 0.219 e. The number of anilines is 1. The van der Waals surface area contributed by atoms with Gasteiger partial charge in [0.25, 0.3) is 0 Å². The molecule has 2 fully saturated rings. The van der Waals surface area contributed by atoms with Crippen molar-refractivity contribution in [2.24, 2.45) is 5.41 Å². The molecule has 5 aromatic rings. The second kappa shape index (κ2) is 9.66. The van der Waals surface area contributed by atoms with Crippen molar-refractivity contribution in [1.29, 1.82) is 0 Å². The Morgan fingerprint density at radius 1 is 1.02 bits per heavy atom. The summed E-state index contributed by atoms with van der Waals surface area (Å²) in [6, 6.07) is 14.3. The predicted octanol–water partition coefficient (Wildman–Crippen LogP) is 5.48. The number of piperidine rings is 1. The molecule has 40 heavy (non-hydrogen) atoms. The summed E-state index contributed by atoms with van der Waals surface area (Å²) in [6.45, 7) is 7.47. The molecule has 2 N–H and O–H groups in total. The molecule has 0 unspecified atom stereocenters. The van der Waals surface area contributed by atoms with Crippen molar-refractivity contribution in [2.45, 2.75) is 39.2 Å². The van der Waals surface area contributed by atoms with Crippen LogP contribution < -0.4 is 9.64 Å². The summed E-state index contributed by atoms with van der Waals surface area (Å²) in [5, 5.41) is 9.83. The Morgan fingerprint density at radius 3 is 2.65 bits per heavy atom. The molecule has 0 radical (unpaired) electrons. The lowest BCUT2D eigenvalue weighted by molar-refractivity contribution is -0.128. The monoisotopic (exact) mass is 535 g/mol. The van der Waals surface area contributed by atoms with Crippen LogP contribution in [0.15, 0.2) is 61.1 Å². The zero-order chi connectivity index (χ0) is 27.3. The second-order valence-corrected chi connectivity index (χ2v) is 11.3. The Bertz CT molecular complexity index is 1680. The largest absolute Gasteiger partial charge is 0.486 e. The molecule has 4 aromatic heterocycles. The number of H-pyrrole nitrogens is 2. The number of ether oxygens (including phenoxy) is 1. The maximum Gasteiger partial charge on any atom is 0.219 e. The van der Waals surface area contributed by atoms with Crippen molar-refractivity contribution in [3.63, 3.8) is 0 Å². The Kier molecular flexibility index (Phi) is 5.95. The third-order valence-corrected chi connectivity index (χ3v) is 8.83. The van der Waals surface area contributed by atoms with Gasteiger partial charge in [0.2, 0.25) is 5.91 Å². The predicted molar refractivity (Wildman–Crippen MR) is 155 cm³/mol. The van der Waals surface area contributed by atoms with Crippen LogP contribution in [-0.4, -0.2) is 62.1 Å². The third kappa shape index (κ3) is 4.35. The Hall–Kier alpha value is -4.40. The number of benzene rings is 1. The van der Waals surface area contributed by atoms with Crippen molar-refractivity contribution >= 4 is 33.7 Å². The van der Waals surface area contributed by atoms with E-state index in [1.165, 1.54) is 0 Å². The molecule has 9 nitrogen and oxygen atoms in total. The number of fused-ring (bicyclic) bond motifs is 2. The van der Waals surface area contributed by atoms with Crippen LogP contribution in [0.4, 0.5) is 5.82 Å². The number of aromatic nitrogens is 5. The fourth-order valence-corrected chi connectivity index (χ4v) is 6.43. The normalized spacial score (nSPS) is 17.6. The second-order valence-electron chi connectivity index (χ2n) is 11.3. The Balaban J connectivity index is 1.07. The SMILES string of the molecule is CC(=O)N1CCC2(CCN(c3ccc(-c4n[nH]c5ccc(O[C@H](C)c6ccnc7[nH]ccc67)cc45)cn3)CC2)C1. The molecule has 1 aromatic carbocycles. The van der Waals surface area contributed by atoms with Crippen LogP contribution in [0, 0.1) is 5.41 Å². The molecular weight excluding hydrogens is 502 g/mol. The summed E-state index contributed by atoms with van der Waals surface area (Å²) in [6.07, 6.45) is 8.79. The van der Waals surface area contributed by atoms with Gasteiger partial charge in [-0.2, -0.15) is 5.10 Å². The minimum atomic E-state index is -0.145. The molecule has 2 aliphatic rings. The van der Waals surface area contributed by atoms with E-state index in [0.717, 1.165) is 95.8 Å². The van der Waals surface area contributed by atoms with Crippen LogP contribution in [0.3, 0.4) is 0 Å². The Labute approximate surface area is 232 Å². The van der Waals surface area contributed by atoms with Gasteiger partial charge in [-0.3, -0.25) is 9.89 Å². The fraction of sp³-hybridized carbons (Fsp3) is 0.355. The van der Waals surface area contributed by atoms with Crippen LogP contribution >= 0.6 is 0 Å². The highest BCUT2D eigenvalue weighted by atomic mass is 16.5. The number of pyridine rings is 2. The van der Waals surface area contributed by atoms with E-state index in [2.05, 4.69) is 44.1 Å². The minimum absolute atomic E-state index is 0.145. The van der Waals surface area contributed by atoms with Gasteiger partial charge in [-0.05, 0) is 74.1 Å². The highest BCUT2D eigenvalue weighted by Gasteiger charge is 2.41. The molecule has 204 valence electrons. The summed E-state index contributed by atoms with van der Waals surface area (Å²) in [5.41, 5.74) is 5.00. The molecule has 0 bridgehead atoms. The van der Waals surface area contributed by atoms with Gasteiger partial charge in [0.1, 0.15) is 29.0 Å². The molecule has 0 saturated carbocycles. The lowest BCUT2D eigenvalue weighted by atomic mass is 9.78. The van der Waals surface area contributed by atoms with Gasteiger partial charge in [-0.25, -0.2) is 9.97 Å². The summed E-state index contributed by atoms with van der Waals surface area (Å²) in [7, 11) is 0. The van der Waals surface area contributed by atoms with E-state index < -0.39 is 0 Å². The van der Waals surface area contributed by atoms with Crippen molar-refractivity contribution in [3.05, 3.63) is 66.6 Å². The number of rotatable bonds is 5. The van der Waals surface area contributed by atoms with Gasteiger partial charge < -0.3 is 19.5 Å². The Morgan fingerprint density at radius 2 is 1.88 bits per heavy atom. The fourth-order valence-electron chi connectivity index (χ4n) is 6.43. The first kappa shape index (κ1) is 24.6. The number of hydrogen-bond donors (Lipinski definition) is 2. The van der Waals surface area contributed by atoms with Crippen molar-refractivity contribution < 1.29 is 9.53 Å². The zero-order valence-electron chi connectivity index (χ0n) is 22.9. The maximum absolute atomic E-state index is 11.8. The molecule has 1 spiro atoms. The van der Waals surface area contributed by atoms with E-state index in [0.29, 0.717) is 0 Å². The number of likely N-dealkylation sites (tertiary alicyclic amines) is 1. The minimum Gasteiger partial charge on any atom is -0.486 e. The maximum atomic E-state index is 11.8. The lowest BCUT2D eigenvalue weighted by Crippen LogP contribution is -2.42. The number of carbonyl (C=O) groups excluding carboxylic acids is 1. The number of carbonyl (C=O) groups is 1. The first-order valence-electron chi connectivity index (χ1n) is 14.0. The van der Waals surface area contributed by atoms with Gasteiger partial charge in [-0.15, -0.1) is 0 Å². The molecular formula is C31H33N7O2. The number of nitrogens with zero attached hydrogens (tertiary/aromatic N) is 5. The van der Waals surface area contributed by atoms with Crippen LogP contribution in [-0.2, 0) is 4.79 Å². The van der Waals surface area contributed by atoms with Crippen molar-refractivity contribution in [2.75, 3.05) is 31.1 Å². The van der Waals surface area contributed by atoms with Gasteiger partial charge in [-0.1, -0.05) is 0 Å². The van der Waals surface area contributed by atoms with E-state index in [9.17, 15) is 4.79 Å².